The molecule has 0 saturated carbocycles. The van der Waals surface area contributed by atoms with Crippen molar-refractivity contribution in [1.82, 2.24) is 0 Å². The van der Waals surface area contributed by atoms with Crippen LogP contribution in [-0.4, -0.2) is 12.4 Å². The Morgan fingerprint density at radius 3 is 2.10 bits per heavy atom. The minimum Gasteiger partial charge on any atom is -0.256 e. The largest absolute Gasteiger partial charge is 0.433 e. The molecule has 0 unspecified atom stereocenters. The maximum absolute atomic E-state index is 11.7. The van der Waals surface area contributed by atoms with Crippen LogP contribution in [0.5, 0.6) is 0 Å². The maximum Gasteiger partial charge on any atom is 0.433 e. The summed E-state index contributed by atoms with van der Waals surface area (Å²) in [4.78, 5) is 3.05. The van der Waals surface area contributed by atoms with Crippen LogP contribution in [0.4, 0.5) is 13.2 Å². The Kier molecular flexibility index (Phi) is 3.49. The Bertz CT molecular complexity index is 159. The number of alkyl halides is 3. The van der Waals surface area contributed by atoms with Gasteiger partial charge in [-0.1, -0.05) is 0 Å². The van der Waals surface area contributed by atoms with Crippen LogP contribution < -0.4 is 0 Å². The van der Waals surface area contributed by atoms with Crippen LogP contribution in [0.1, 0.15) is 6.92 Å². The lowest BCUT2D eigenvalue weighted by molar-refractivity contribution is -0.0920. The summed E-state index contributed by atoms with van der Waals surface area (Å²) in [6, 6.07) is 0. The number of hydrogen-bond donors (Lipinski definition) is 1. The van der Waals surface area contributed by atoms with E-state index in [2.05, 4.69) is 17.6 Å². The molecule has 5 heteroatoms. The molecular weight excluding hydrogens is 163 g/mol. The van der Waals surface area contributed by atoms with Crippen molar-refractivity contribution in [3.05, 3.63) is 11.1 Å². The van der Waals surface area contributed by atoms with E-state index >= 15 is 0 Å². The summed E-state index contributed by atoms with van der Waals surface area (Å²) in [6.07, 6.45) is -3.33. The Labute approximate surface area is 62.1 Å². The van der Waals surface area contributed by atoms with Gasteiger partial charge in [0, 0.05) is 6.21 Å². The lowest BCUT2D eigenvalue weighted by atomic mass is 10.5. The fourth-order valence-electron chi connectivity index (χ4n) is 0.319. The second-order valence-electron chi connectivity index (χ2n) is 1.40. The maximum atomic E-state index is 11.7. The molecule has 10 heavy (non-hydrogen) atoms. The van der Waals surface area contributed by atoms with E-state index in [-0.39, 0.29) is 0 Å². The number of allylic oxidation sites excluding steroid dienone is 1. The molecule has 0 aliphatic rings. The van der Waals surface area contributed by atoms with Gasteiger partial charge in [0.05, 0.1) is 0 Å². The van der Waals surface area contributed by atoms with Crippen molar-refractivity contribution in [2.75, 3.05) is 0 Å². The molecule has 0 saturated heterocycles. The molecule has 0 spiro atoms. The standard InChI is InChI=1S/C5H6F3NS/c1-2-9-4(3-10)5(6,7)8/h2-3,10H,1H3/b4-3-,9-2+. The Morgan fingerprint density at radius 1 is 1.50 bits per heavy atom. The van der Waals surface area contributed by atoms with Gasteiger partial charge in [-0.2, -0.15) is 13.2 Å². The van der Waals surface area contributed by atoms with Gasteiger partial charge < -0.3 is 0 Å². The minimum absolute atomic E-state index is 0.625. The third-order valence-corrected chi connectivity index (χ3v) is 0.925. The third-order valence-electron chi connectivity index (χ3n) is 0.681. The van der Waals surface area contributed by atoms with E-state index in [0.29, 0.717) is 5.41 Å². The first kappa shape index (κ1) is 9.55. The topological polar surface area (TPSA) is 12.4 Å². The zero-order chi connectivity index (χ0) is 8.20. The molecule has 0 bridgehead atoms. The van der Waals surface area contributed by atoms with Crippen LogP contribution in [0.15, 0.2) is 16.1 Å². The van der Waals surface area contributed by atoms with Gasteiger partial charge in [0.25, 0.3) is 0 Å². The number of thiol groups is 1. The van der Waals surface area contributed by atoms with E-state index < -0.39 is 11.9 Å². The molecule has 0 N–H and O–H groups in total. The first-order chi connectivity index (χ1) is 4.52. The molecule has 1 nitrogen and oxygen atoms in total. The first-order valence-electron chi connectivity index (χ1n) is 2.42. The van der Waals surface area contributed by atoms with E-state index in [0.717, 1.165) is 6.21 Å². The summed E-state index contributed by atoms with van der Waals surface area (Å²) < 4.78 is 35.0. The number of nitrogens with zero attached hydrogens (tertiary/aromatic N) is 1. The highest BCUT2D eigenvalue weighted by Crippen LogP contribution is 2.26. The number of aliphatic imine (C=N–C) groups is 1. The Hall–Kier alpha value is -0.450. The monoisotopic (exact) mass is 169 g/mol. The highest BCUT2D eigenvalue weighted by atomic mass is 32.1. The number of rotatable bonds is 1. The average Bonchev–Trinajstić information content (AvgIpc) is 1.80. The summed E-state index contributed by atoms with van der Waals surface area (Å²) in [5.74, 6) is 0. The lowest BCUT2D eigenvalue weighted by Crippen LogP contribution is -2.09. The zero-order valence-corrected chi connectivity index (χ0v) is 6.08. The number of halogens is 3. The van der Waals surface area contributed by atoms with Gasteiger partial charge in [-0.25, -0.2) is 0 Å². The highest BCUT2D eigenvalue weighted by molar-refractivity contribution is 7.83. The second kappa shape index (κ2) is 3.65. The predicted octanol–water partition coefficient (Wildman–Crippen LogP) is 2.41. The van der Waals surface area contributed by atoms with Crippen molar-refractivity contribution in [1.29, 1.82) is 0 Å². The Morgan fingerprint density at radius 2 is 2.00 bits per heavy atom. The first-order valence-corrected chi connectivity index (χ1v) is 2.94. The van der Waals surface area contributed by atoms with Crippen molar-refractivity contribution in [2.24, 2.45) is 4.99 Å². The number of hydrogen-bond acceptors (Lipinski definition) is 2. The summed E-state index contributed by atoms with van der Waals surface area (Å²) in [5, 5.41) is 0.625. The molecule has 0 aliphatic carbocycles. The molecule has 58 valence electrons. The van der Waals surface area contributed by atoms with Gasteiger partial charge in [-0.15, -0.1) is 12.6 Å². The van der Waals surface area contributed by atoms with Crippen LogP contribution in [-0.2, 0) is 0 Å². The van der Waals surface area contributed by atoms with Crippen LogP contribution in [0.3, 0.4) is 0 Å². The summed E-state index contributed by atoms with van der Waals surface area (Å²) in [5.41, 5.74) is -0.988. The molecule has 0 radical (unpaired) electrons. The van der Waals surface area contributed by atoms with Crippen molar-refractivity contribution in [3.63, 3.8) is 0 Å². The molecule has 0 heterocycles. The summed E-state index contributed by atoms with van der Waals surface area (Å²) in [7, 11) is 0. The molecule has 0 aliphatic heterocycles. The molecule has 0 atom stereocenters. The van der Waals surface area contributed by atoms with Gasteiger partial charge in [-0.3, -0.25) is 4.99 Å². The van der Waals surface area contributed by atoms with Gasteiger partial charge in [-0.05, 0) is 12.3 Å². The van der Waals surface area contributed by atoms with Crippen molar-refractivity contribution >= 4 is 18.8 Å². The van der Waals surface area contributed by atoms with E-state index in [9.17, 15) is 13.2 Å². The van der Waals surface area contributed by atoms with Gasteiger partial charge >= 0.3 is 6.18 Å². The summed E-state index contributed by atoms with van der Waals surface area (Å²) in [6.45, 7) is 1.41. The molecule has 0 fully saturated rings. The molecule has 0 amide bonds. The van der Waals surface area contributed by atoms with Crippen molar-refractivity contribution < 1.29 is 13.2 Å². The van der Waals surface area contributed by atoms with Gasteiger partial charge in [0.2, 0.25) is 0 Å². The Balaban J connectivity index is 4.39. The van der Waals surface area contributed by atoms with E-state index in [4.69, 9.17) is 0 Å². The van der Waals surface area contributed by atoms with Crippen LogP contribution >= 0.6 is 12.6 Å². The highest BCUT2D eigenvalue weighted by Gasteiger charge is 2.32. The summed E-state index contributed by atoms with van der Waals surface area (Å²) >= 11 is 3.35. The van der Waals surface area contributed by atoms with Crippen LogP contribution in [0.25, 0.3) is 0 Å². The van der Waals surface area contributed by atoms with Crippen molar-refractivity contribution in [3.8, 4) is 0 Å². The average molecular weight is 169 g/mol. The van der Waals surface area contributed by atoms with E-state index in [1.54, 1.807) is 0 Å². The molecular formula is C5H6F3NS. The van der Waals surface area contributed by atoms with Crippen LogP contribution in [0.2, 0.25) is 0 Å². The van der Waals surface area contributed by atoms with E-state index in [1.165, 1.54) is 6.92 Å². The lowest BCUT2D eigenvalue weighted by Gasteiger charge is -2.03. The molecule has 0 aromatic rings. The fraction of sp³-hybridized carbons (Fsp3) is 0.400. The minimum atomic E-state index is -4.39. The molecule has 0 rings (SSSR count). The SMILES string of the molecule is C/C=N/C(=C\S)C(F)(F)F. The smallest absolute Gasteiger partial charge is 0.256 e. The molecule has 0 aromatic carbocycles. The normalized spacial score (nSPS) is 14.7. The third kappa shape index (κ3) is 2.91. The predicted molar refractivity (Wildman–Crippen MR) is 37.3 cm³/mol. The van der Waals surface area contributed by atoms with E-state index in [1.807, 2.05) is 0 Å². The zero-order valence-electron chi connectivity index (χ0n) is 5.18. The van der Waals surface area contributed by atoms with Crippen molar-refractivity contribution in [2.45, 2.75) is 13.1 Å². The van der Waals surface area contributed by atoms with Gasteiger partial charge in [0.15, 0.2) is 0 Å². The fourth-order valence-corrected chi connectivity index (χ4v) is 0.532. The second-order valence-corrected chi connectivity index (χ2v) is 1.66. The van der Waals surface area contributed by atoms with Gasteiger partial charge in [0.1, 0.15) is 5.70 Å². The molecule has 0 aromatic heterocycles. The van der Waals surface area contributed by atoms with Crippen LogP contribution in [0, 0.1) is 0 Å². The quantitative estimate of drug-likeness (QED) is 0.457.